The van der Waals surface area contributed by atoms with E-state index in [1.807, 2.05) is 13.8 Å². The van der Waals surface area contributed by atoms with Crippen molar-refractivity contribution in [3.63, 3.8) is 0 Å². The van der Waals surface area contributed by atoms with Gasteiger partial charge in [0.2, 0.25) is 23.6 Å². The summed E-state index contributed by atoms with van der Waals surface area (Å²) in [5.74, 6) is -1.77. The van der Waals surface area contributed by atoms with Crippen LogP contribution in [-0.2, 0) is 103 Å². The van der Waals surface area contributed by atoms with E-state index in [1.54, 1.807) is 28.5 Å². The molecule has 13 N–H and O–H groups in total. The Bertz CT molecular complexity index is 2710. The molecule has 6 fully saturated rings. The topological polar surface area (TPSA) is 522 Å². The van der Waals surface area contributed by atoms with E-state index < -0.39 is 164 Å². The molecule has 0 aromatic carbocycles. The summed E-state index contributed by atoms with van der Waals surface area (Å²) in [4.78, 5) is 88.1. The molecule has 648 valence electrons. The van der Waals surface area contributed by atoms with E-state index >= 15 is 0 Å². The first-order valence-corrected chi connectivity index (χ1v) is 43.8. The van der Waals surface area contributed by atoms with Gasteiger partial charge in [-0.05, 0) is 110 Å². The van der Waals surface area contributed by atoms with Gasteiger partial charge < -0.3 is 123 Å². The van der Waals surface area contributed by atoms with Crippen molar-refractivity contribution in [3.8, 4) is 0 Å². The average Bonchev–Trinajstić information content (AvgIpc) is 0.817. The highest BCUT2D eigenvalue weighted by molar-refractivity contribution is 7.48. The van der Waals surface area contributed by atoms with E-state index in [2.05, 4.69) is 5.32 Å². The number of likely N-dealkylation sites (tertiary alicyclic amines) is 3. The van der Waals surface area contributed by atoms with E-state index in [1.165, 1.54) is 6.92 Å². The predicted octanol–water partition coefficient (Wildman–Crippen LogP) is 1.45. The third-order valence-electron chi connectivity index (χ3n) is 20.5. The largest absolute Gasteiger partial charge is 0.472 e. The lowest BCUT2D eigenvalue weighted by Gasteiger charge is -2.42. The third-order valence-corrected chi connectivity index (χ3v) is 23.7. The molecule has 41 heteroatoms. The number of phosphoric acid groups is 3. The van der Waals surface area contributed by atoms with Crippen LogP contribution in [0.25, 0.3) is 0 Å². The zero-order valence-electron chi connectivity index (χ0n) is 65.0. The number of carbonyl (C=O) groups is 4. The molecular formula is C70H129N4O34P3. The number of rotatable bonds is 52. The number of amides is 4. The van der Waals surface area contributed by atoms with Crippen LogP contribution in [0.1, 0.15) is 163 Å². The van der Waals surface area contributed by atoms with Crippen molar-refractivity contribution in [2.75, 3.05) is 138 Å². The van der Waals surface area contributed by atoms with Crippen LogP contribution in [0.15, 0.2) is 0 Å². The highest BCUT2D eigenvalue weighted by atomic mass is 31.2. The van der Waals surface area contributed by atoms with Crippen LogP contribution in [0.5, 0.6) is 0 Å². The lowest BCUT2D eigenvalue weighted by Crippen LogP contribution is -2.63. The summed E-state index contributed by atoms with van der Waals surface area (Å²) >= 11 is 0. The highest BCUT2D eigenvalue weighted by Gasteiger charge is 2.47. The molecule has 0 bridgehead atoms. The van der Waals surface area contributed by atoms with Crippen LogP contribution in [0.2, 0.25) is 0 Å². The van der Waals surface area contributed by atoms with Gasteiger partial charge in [0.05, 0.1) is 120 Å². The van der Waals surface area contributed by atoms with Gasteiger partial charge in [-0.15, -0.1) is 0 Å². The van der Waals surface area contributed by atoms with Gasteiger partial charge in [0.25, 0.3) is 0 Å². The maximum absolute atomic E-state index is 13.2. The molecule has 111 heavy (non-hydrogen) atoms. The number of aliphatic hydroxyl groups is 9. The molecule has 0 aromatic rings. The summed E-state index contributed by atoms with van der Waals surface area (Å²) < 4.78 is 125. The number of carbonyl (C=O) groups excluding carboxylic acids is 4. The number of aliphatic hydroxyl groups excluding tert-OH is 9. The summed E-state index contributed by atoms with van der Waals surface area (Å²) in [7, 11) is -13.7. The molecule has 0 spiro atoms. The smallest absolute Gasteiger partial charge is 0.394 e. The molecule has 18 atom stereocenters. The minimum Gasteiger partial charge on any atom is -0.394 e. The quantitative estimate of drug-likeness (QED) is 0.0303. The lowest BCUT2D eigenvalue weighted by atomic mass is 9.90. The van der Waals surface area contributed by atoms with Crippen LogP contribution in [0.3, 0.4) is 0 Å². The van der Waals surface area contributed by atoms with Crippen LogP contribution in [0, 0.1) is 17.3 Å². The number of phosphoric ester groups is 3. The molecule has 6 aliphatic rings. The van der Waals surface area contributed by atoms with Crippen LogP contribution in [-0.4, -0.2) is 341 Å². The van der Waals surface area contributed by atoms with Gasteiger partial charge in [0, 0.05) is 110 Å². The summed E-state index contributed by atoms with van der Waals surface area (Å²) in [5.41, 5.74) is -1.01. The first-order chi connectivity index (χ1) is 52.8. The Morgan fingerprint density at radius 3 is 1.13 bits per heavy atom. The van der Waals surface area contributed by atoms with E-state index in [9.17, 15) is 93.5 Å². The molecule has 6 aliphatic heterocycles. The molecule has 6 rings (SSSR count). The van der Waals surface area contributed by atoms with Crippen LogP contribution >= 0.6 is 23.5 Å². The van der Waals surface area contributed by atoms with E-state index in [0.717, 1.165) is 0 Å². The van der Waals surface area contributed by atoms with Crippen LogP contribution < -0.4 is 5.32 Å². The second kappa shape index (κ2) is 49.8. The zero-order valence-corrected chi connectivity index (χ0v) is 67.7. The maximum atomic E-state index is 13.2. The Morgan fingerprint density at radius 2 is 0.784 bits per heavy atom. The Labute approximate surface area is 650 Å². The fourth-order valence-corrected chi connectivity index (χ4v) is 16.9. The van der Waals surface area contributed by atoms with E-state index in [-0.39, 0.29) is 154 Å². The molecule has 4 amide bonds. The summed E-state index contributed by atoms with van der Waals surface area (Å²) in [6.07, 6.45) is -7.93. The fraction of sp³-hybridized carbons (Fsp3) is 0.943. The van der Waals surface area contributed by atoms with Crippen molar-refractivity contribution in [1.29, 1.82) is 0 Å². The number of unbranched alkanes of at least 4 members (excludes halogenated alkanes) is 4. The predicted molar refractivity (Wildman–Crippen MR) is 391 cm³/mol. The number of hydrogen-bond donors (Lipinski definition) is 13. The molecule has 0 aliphatic carbocycles. The second-order valence-corrected chi connectivity index (χ2v) is 34.2. The normalized spacial score (nSPS) is 29.7. The van der Waals surface area contributed by atoms with Crippen molar-refractivity contribution in [1.82, 2.24) is 20.0 Å². The number of nitrogens with zero attached hydrogens (tertiary/aromatic N) is 3. The molecule has 38 nitrogen and oxygen atoms in total. The summed E-state index contributed by atoms with van der Waals surface area (Å²) in [6, 6.07) is -0.871. The molecule has 0 saturated carbocycles. The minimum absolute atomic E-state index is 0.0285. The lowest BCUT2D eigenvalue weighted by molar-refractivity contribution is -0.282. The van der Waals surface area contributed by atoms with Crippen molar-refractivity contribution in [2.24, 2.45) is 17.3 Å². The Kier molecular flexibility index (Phi) is 43.6. The third kappa shape index (κ3) is 34.0. The van der Waals surface area contributed by atoms with Crippen molar-refractivity contribution in [3.05, 3.63) is 0 Å². The molecule has 0 radical (unpaired) electrons. The molecule has 6 heterocycles. The van der Waals surface area contributed by atoms with Gasteiger partial charge in [-0.3, -0.25) is 46.3 Å². The van der Waals surface area contributed by atoms with Crippen molar-refractivity contribution >= 4 is 47.1 Å². The summed E-state index contributed by atoms with van der Waals surface area (Å²) in [6.45, 7) is 8.39. The maximum Gasteiger partial charge on any atom is 0.472 e. The first-order valence-electron chi connectivity index (χ1n) is 39.3. The Hall–Kier alpha value is -2.51. The monoisotopic (exact) mass is 1660 g/mol. The molecular weight excluding hydrogens is 1530 g/mol. The molecule has 0 aromatic heterocycles. The molecule has 9 unspecified atom stereocenters. The first kappa shape index (κ1) is 97.3. The van der Waals surface area contributed by atoms with E-state index in [0.29, 0.717) is 116 Å². The minimum atomic E-state index is -4.56. The zero-order chi connectivity index (χ0) is 81.3. The van der Waals surface area contributed by atoms with Crippen molar-refractivity contribution in [2.45, 2.75) is 267 Å². The van der Waals surface area contributed by atoms with Gasteiger partial charge in [-0.2, -0.15) is 0 Å². The van der Waals surface area contributed by atoms with Gasteiger partial charge in [0.1, 0.15) is 42.7 Å². The van der Waals surface area contributed by atoms with E-state index in [4.69, 9.17) is 69.8 Å². The van der Waals surface area contributed by atoms with Gasteiger partial charge >= 0.3 is 23.5 Å². The number of hydrogen-bond acceptors (Lipinski definition) is 31. The second-order valence-electron chi connectivity index (χ2n) is 30.0. The average molecular weight is 1660 g/mol. The van der Waals surface area contributed by atoms with Crippen LogP contribution in [0.4, 0.5) is 0 Å². The van der Waals surface area contributed by atoms with Gasteiger partial charge in [-0.25, -0.2) is 13.7 Å². The standard InChI is InChI=1S/C70H129N4O34P3/c1-47(2)99-46-70(44-95-33-14-38-101-110(90,91)107-52-22-28-73(29-23-52)59(80)18-9-11-35-97-68-48(3)62(82)64(84)56(41-76)104-68,45-96-34-15-39-102-111(92,93)108-53-24-30-74(31-25-53)60(81)19-10-12-36-98-69-49(4)63(83)65(85)57(42-77)105-69)43-94-32-13-37-100-109(88,89)106-51-20-26-72(27-21-51)58(79)17-8-6-7-16-54-61(71-50(5)78)67(87)66(86)55(40-75)103-54/h47-49,51-57,61-69,75-77,82-87H,6-46H2,1-5H3,(H,71,78)(H,88,89)(H,90,91)(H,92,93)/t48?,49?,54-,55?,56?,57?,61?,62+,63+,64-,65-,66-,67+,68+,69+,70?/m0/s1. The number of piperidine rings is 3. The SMILES string of the molecule is CC(=O)NC1[C@H](CCCCCC(=O)N2CCC(OP(=O)(O)OCCCOCC(COCCCOP(=O)(O)OC3CCN(C(=O)CCCCO[C@@H]4OC(CO)[C@H](O)[C@H](O)C4C)CC3)(COCCCOP(=O)(O)OC3CCN(C(=O)CCCCO[C@@H]4OC(CO)[C@H](O)[C@H](O)C4C)CC3)COC(C)C)CC2)OC(CO)[C@H](O)[C@@H]1O. The van der Waals surface area contributed by atoms with Gasteiger partial charge in [-0.1, -0.05) is 26.7 Å². The Morgan fingerprint density at radius 1 is 0.441 bits per heavy atom. The number of nitrogens with one attached hydrogen (secondary N) is 1. The Balaban J connectivity index is 0.905. The highest BCUT2D eigenvalue weighted by Crippen LogP contribution is 2.48. The fourth-order valence-electron chi connectivity index (χ4n) is 13.9. The van der Waals surface area contributed by atoms with Crippen molar-refractivity contribution < 1.29 is 163 Å². The number of ether oxygens (including phenoxy) is 9. The van der Waals surface area contributed by atoms with Gasteiger partial charge in [0.15, 0.2) is 12.6 Å². The summed E-state index contributed by atoms with van der Waals surface area (Å²) in [5, 5.41) is 92.9. The molecule has 6 saturated heterocycles.